The largest absolute Gasteiger partial charge is 0.355 e. The molecular weight excluding hydrogens is 354 g/mol. The van der Waals surface area contributed by atoms with Crippen LogP contribution in [0.5, 0.6) is 0 Å². The van der Waals surface area contributed by atoms with Gasteiger partial charge in [0.05, 0.1) is 0 Å². The summed E-state index contributed by atoms with van der Waals surface area (Å²) in [6.45, 7) is 0.590. The average Bonchev–Trinajstić information content (AvgIpc) is 3.20. The van der Waals surface area contributed by atoms with Gasteiger partial charge < -0.3 is 14.7 Å². The predicted molar refractivity (Wildman–Crippen MR) is 106 cm³/mol. The van der Waals surface area contributed by atoms with Gasteiger partial charge in [0, 0.05) is 43.4 Å². The van der Waals surface area contributed by atoms with Crippen LogP contribution in [0.2, 0.25) is 0 Å². The van der Waals surface area contributed by atoms with E-state index in [4.69, 9.17) is 4.52 Å². The van der Waals surface area contributed by atoms with Gasteiger partial charge >= 0.3 is 0 Å². The van der Waals surface area contributed by atoms with E-state index in [-0.39, 0.29) is 11.9 Å². The molecule has 0 aliphatic heterocycles. The average molecular weight is 379 g/mol. The summed E-state index contributed by atoms with van der Waals surface area (Å²) in [5.74, 6) is 0.937. The highest BCUT2D eigenvalue weighted by Gasteiger charge is 2.15. The lowest BCUT2D eigenvalue weighted by atomic mass is 10.1. The molecule has 2 aromatic heterocycles. The van der Waals surface area contributed by atoms with Crippen molar-refractivity contribution in [1.29, 1.82) is 0 Å². The fourth-order valence-corrected chi connectivity index (χ4v) is 2.84. The number of rotatable bonds is 9. The van der Waals surface area contributed by atoms with Crippen LogP contribution >= 0.6 is 0 Å². The van der Waals surface area contributed by atoms with E-state index in [1.165, 1.54) is 5.56 Å². The normalized spacial score (nSPS) is 12.1. The van der Waals surface area contributed by atoms with E-state index in [2.05, 4.69) is 37.5 Å². The van der Waals surface area contributed by atoms with E-state index in [0.717, 1.165) is 12.0 Å². The quantitative estimate of drug-likeness (QED) is 0.614. The third-order valence-corrected chi connectivity index (χ3v) is 4.55. The van der Waals surface area contributed by atoms with Crippen LogP contribution in [0.25, 0.3) is 11.4 Å². The minimum absolute atomic E-state index is 0.0245. The lowest BCUT2D eigenvalue weighted by Crippen LogP contribution is -2.41. The molecule has 2 heterocycles. The lowest BCUT2D eigenvalue weighted by molar-refractivity contribution is -0.121. The number of benzene rings is 1. The number of aryl methyl sites for hydroxylation is 1. The van der Waals surface area contributed by atoms with Crippen LogP contribution < -0.4 is 5.32 Å². The molecule has 0 bridgehead atoms. The fourth-order valence-electron chi connectivity index (χ4n) is 2.84. The Kier molecular flexibility index (Phi) is 6.86. The molecule has 1 aromatic carbocycles. The molecular formula is C21H25N5O2. The summed E-state index contributed by atoms with van der Waals surface area (Å²) in [4.78, 5) is 22.7. The van der Waals surface area contributed by atoms with Crippen molar-refractivity contribution in [1.82, 2.24) is 25.3 Å². The van der Waals surface area contributed by atoms with Gasteiger partial charge in [-0.2, -0.15) is 4.98 Å². The van der Waals surface area contributed by atoms with E-state index >= 15 is 0 Å². The second kappa shape index (κ2) is 9.75. The first kappa shape index (κ1) is 19.7. The molecule has 0 aliphatic carbocycles. The van der Waals surface area contributed by atoms with Gasteiger partial charge in [0.15, 0.2) is 0 Å². The number of carbonyl (C=O) groups is 1. The van der Waals surface area contributed by atoms with Gasteiger partial charge in [-0.05, 0) is 38.2 Å². The maximum atomic E-state index is 12.2. The molecule has 0 fully saturated rings. The van der Waals surface area contributed by atoms with E-state index in [1.54, 1.807) is 12.4 Å². The molecule has 0 saturated carbocycles. The predicted octanol–water partition coefficient (Wildman–Crippen LogP) is 2.35. The second-order valence-electron chi connectivity index (χ2n) is 6.86. The summed E-state index contributed by atoms with van der Waals surface area (Å²) in [6, 6.07) is 14.1. The van der Waals surface area contributed by atoms with Crippen LogP contribution in [0, 0.1) is 0 Å². The van der Waals surface area contributed by atoms with Crippen LogP contribution in [-0.2, 0) is 17.6 Å². The summed E-state index contributed by atoms with van der Waals surface area (Å²) in [7, 11) is 4.05. The second-order valence-corrected chi connectivity index (χ2v) is 6.86. The minimum atomic E-state index is -0.0245. The first-order chi connectivity index (χ1) is 13.6. The van der Waals surface area contributed by atoms with Gasteiger partial charge in [-0.1, -0.05) is 35.5 Å². The Morgan fingerprint density at radius 2 is 1.89 bits per heavy atom. The fraction of sp³-hybridized carbons (Fsp3) is 0.333. The molecule has 1 N–H and O–H groups in total. The van der Waals surface area contributed by atoms with Crippen LogP contribution in [0.1, 0.15) is 17.9 Å². The van der Waals surface area contributed by atoms with E-state index in [0.29, 0.717) is 31.1 Å². The van der Waals surface area contributed by atoms with Crippen LogP contribution in [-0.4, -0.2) is 52.6 Å². The van der Waals surface area contributed by atoms with Crippen molar-refractivity contribution in [2.75, 3.05) is 20.6 Å². The highest BCUT2D eigenvalue weighted by Crippen LogP contribution is 2.14. The number of hydrogen-bond donors (Lipinski definition) is 1. The SMILES string of the molecule is CN(C)C(CNC(=O)CCc1nc(-c2ccncc2)no1)Cc1ccccc1. The first-order valence-electron chi connectivity index (χ1n) is 9.32. The molecule has 0 radical (unpaired) electrons. The van der Waals surface area contributed by atoms with Gasteiger partial charge in [0.25, 0.3) is 0 Å². The number of nitrogens with one attached hydrogen (secondary N) is 1. The zero-order valence-electron chi connectivity index (χ0n) is 16.2. The van der Waals surface area contributed by atoms with Crippen molar-refractivity contribution in [3.8, 4) is 11.4 Å². The summed E-state index contributed by atoms with van der Waals surface area (Å²) in [6.07, 6.45) is 4.95. The van der Waals surface area contributed by atoms with E-state index in [9.17, 15) is 4.79 Å². The molecule has 146 valence electrons. The summed E-state index contributed by atoms with van der Waals surface area (Å²) >= 11 is 0. The van der Waals surface area contributed by atoms with Gasteiger partial charge in [0.1, 0.15) is 0 Å². The standard InChI is InChI=1S/C21H25N5O2/c1-26(2)18(14-16-6-4-3-5-7-16)15-23-19(27)8-9-20-24-21(25-28-20)17-10-12-22-13-11-17/h3-7,10-13,18H,8-9,14-15H2,1-2H3,(H,23,27). The Hall–Kier alpha value is -3.06. The Bertz CT molecular complexity index is 865. The number of aromatic nitrogens is 3. The Labute approximate surface area is 164 Å². The zero-order valence-corrected chi connectivity index (χ0v) is 16.2. The molecule has 0 spiro atoms. The Morgan fingerprint density at radius 1 is 1.14 bits per heavy atom. The third-order valence-electron chi connectivity index (χ3n) is 4.55. The first-order valence-corrected chi connectivity index (χ1v) is 9.32. The molecule has 1 amide bonds. The third kappa shape index (κ3) is 5.72. The van der Waals surface area contributed by atoms with Crippen molar-refractivity contribution >= 4 is 5.91 Å². The number of pyridine rings is 1. The minimum Gasteiger partial charge on any atom is -0.355 e. The highest BCUT2D eigenvalue weighted by atomic mass is 16.5. The van der Waals surface area contributed by atoms with Crippen LogP contribution in [0.15, 0.2) is 59.4 Å². The molecule has 3 rings (SSSR count). The molecule has 1 unspecified atom stereocenters. The van der Waals surface area contributed by atoms with Crippen LogP contribution in [0.4, 0.5) is 0 Å². The molecule has 1 atom stereocenters. The molecule has 28 heavy (non-hydrogen) atoms. The molecule has 7 nitrogen and oxygen atoms in total. The number of hydrogen-bond acceptors (Lipinski definition) is 6. The van der Waals surface area contributed by atoms with Gasteiger partial charge in [0.2, 0.25) is 17.6 Å². The monoisotopic (exact) mass is 379 g/mol. The maximum absolute atomic E-state index is 12.2. The van der Waals surface area contributed by atoms with E-state index < -0.39 is 0 Å². The number of nitrogens with zero attached hydrogens (tertiary/aromatic N) is 4. The van der Waals surface area contributed by atoms with Crippen molar-refractivity contribution in [2.45, 2.75) is 25.3 Å². The van der Waals surface area contributed by atoms with Gasteiger partial charge in [-0.3, -0.25) is 9.78 Å². The van der Waals surface area contributed by atoms with Crippen molar-refractivity contribution in [3.63, 3.8) is 0 Å². The van der Waals surface area contributed by atoms with Gasteiger partial charge in [-0.25, -0.2) is 0 Å². The number of amides is 1. The maximum Gasteiger partial charge on any atom is 0.227 e. The summed E-state index contributed by atoms with van der Waals surface area (Å²) in [5.41, 5.74) is 2.09. The van der Waals surface area contributed by atoms with Crippen molar-refractivity contribution < 1.29 is 9.32 Å². The van der Waals surface area contributed by atoms with E-state index in [1.807, 2.05) is 44.4 Å². The summed E-state index contributed by atoms with van der Waals surface area (Å²) in [5, 5.41) is 6.97. The molecule has 0 saturated heterocycles. The van der Waals surface area contributed by atoms with Gasteiger partial charge in [-0.15, -0.1) is 0 Å². The molecule has 0 aliphatic rings. The Balaban J connectivity index is 1.46. The Morgan fingerprint density at radius 3 is 2.61 bits per heavy atom. The lowest BCUT2D eigenvalue weighted by Gasteiger charge is -2.24. The van der Waals surface area contributed by atoms with Crippen LogP contribution in [0.3, 0.4) is 0 Å². The molecule has 7 heteroatoms. The van der Waals surface area contributed by atoms with Crippen molar-refractivity contribution in [2.24, 2.45) is 0 Å². The smallest absolute Gasteiger partial charge is 0.227 e. The topological polar surface area (TPSA) is 84.2 Å². The summed E-state index contributed by atoms with van der Waals surface area (Å²) < 4.78 is 5.24. The van der Waals surface area contributed by atoms with Crippen molar-refractivity contribution in [3.05, 3.63) is 66.3 Å². The molecule has 3 aromatic rings. The number of carbonyl (C=O) groups excluding carboxylic acids is 1. The highest BCUT2D eigenvalue weighted by molar-refractivity contribution is 5.76. The zero-order chi connectivity index (χ0) is 19.8. The number of likely N-dealkylation sites (N-methyl/N-ethyl adjacent to an activating group) is 1.